The molecule has 2 heterocycles. The largest absolute Gasteiger partial charge is 0.376 e. The summed E-state index contributed by atoms with van der Waals surface area (Å²) in [4.78, 5) is 7.82. The van der Waals surface area contributed by atoms with Gasteiger partial charge in [-0.05, 0) is 40.5 Å². The molecule has 0 saturated heterocycles. The molecule has 0 fully saturated rings. The number of pyridine rings is 2. The van der Waals surface area contributed by atoms with E-state index in [-0.39, 0.29) is 11.9 Å². The van der Waals surface area contributed by atoms with E-state index in [2.05, 4.69) is 31.2 Å². The van der Waals surface area contributed by atoms with E-state index in [1.54, 1.807) is 12.4 Å². The number of nitrogens with zero attached hydrogens (tertiary/aromatic N) is 2. The van der Waals surface area contributed by atoms with Gasteiger partial charge in [-0.2, -0.15) is 0 Å². The van der Waals surface area contributed by atoms with Gasteiger partial charge in [0.1, 0.15) is 5.82 Å². The van der Waals surface area contributed by atoms with Gasteiger partial charge in [-0.15, -0.1) is 0 Å². The van der Waals surface area contributed by atoms with E-state index in [0.717, 1.165) is 10.0 Å². The van der Waals surface area contributed by atoms with Crippen LogP contribution in [-0.2, 0) is 0 Å². The molecule has 94 valence electrons. The quantitative estimate of drug-likeness (QED) is 0.857. The highest BCUT2D eigenvalue weighted by Gasteiger charge is 2.10. The van der Waals surface area contributed by atoms with Crippen LogP contribution in [0.25, 0.3) is 0 Å². The highest BCUT2D eigenvalue weighted by Crippen LogP contribution is 2.27. The third-order valence-corrected chi connectivity index (χ3v) is 3.14. The third kappa shape index (κ3) is 3.17. The Kier molecular flexibility index (Phi) is 4.14. The van der Waals surface area contributed by atoms with Crippen LogP contribution in [0.1, 0.15) is 18.5 Å². The molecular weight excluding hydrogens is 321 g/mol. The maximum absolute atomic E-state index is 13.1. The fraction of sp³-hybridized carbons (Fsp3) is 0.167. The van der Waals surface area contributed by atoms with Crippen molar-refractivity contribution in [2.75, 3.05) is 5.32 Å². The summed E-state index contributed by atoms with van der Waals surface area (Å²) in [5.74, 6) is -0.361. The van der Waals surface area contributed by atoms with Gasteiger partial charge in [0.25, 0.3) is 0 Å². The van der Waals surface area contributed by atoms with Gasteiger partial charge in [0.2, 0.25) is 0 Å². The maximum atomic E-state index is 13.1. The number of rotatable bonds is 3. The molecule has 1 N–H and O–H groups in total. The van der Waals surface area contributed by atoms with Crippen LogP contribution in [0.15, 0.2) is 35.2 Å². The van der Waals surface area contributed by atoms with Crippen LogP contribution in [0.4, 0.5) is 10.1 Å². The van der Waals surface area contributed by atoms with Crippen molar-refractivity contribution in [1.29, 1.82) is 0 Å². The Morgan fingerprint density at radius 2 is 2.11 bits per heavy atom. The van der Waals surface area contributed by atoms with Crippen molar-refractivity contribution >= 4 is 33.2 Å². The summed E-state index contributed by atoms with van der Waals surface area (Å²) in [5.41, 5.74) is 1.42. The summed E-state index contributed by atoms with van der Waals surface area (Å²) in [6.07, 6.45) is 4.39. The van der Waals surface area contributed by atoms with Crippen molar-refractivity contribution in [3.05, 3.63) is 51.7 Å². The van der Waals surface area contributed by atoms with E-state index in [9.17, 15) is 4.39 Å². The van der Waals surface area contributed by atoms with E-state index < -0.39 is 0 Å². The molecule has 3 nitrogen and oxygen atoms in total. The predicted molar refractivity (Wildman–Crippen MR) is 73.2 cm³/mol. The lowest BCUT2D eigenvalue weighted by atomic mass is 10.1. The molecule has 0 radical (unpaired) electrons. The van der Waals surface area contributed by atoms with E-state index in [1.807, 2.05) is 13.0 Å². The van der Waals surface area contributed by atoms with E-state index in [1.165, 1.54) is 12.3 Å². The monoisotopic (exact) mass is 329 g/mol. The summed E-state index contributed by atoms with van der Waals surface area (Å²) < 4.78 is 13.9. The van der Waals surface area contributed by atoms with Crippen LogP contribution in [0.5, 0.6) is 0 Å². The highest BCUT2D eigenvalue weighted by atomic mass is 79.9. The zero-order valence-corrected chi connectivity index (χ0v) is 11.8. The lowest BCUT2D eigenvalue weighted by molar-refractivity contribution is 0.616. The van der Waals surface area contributed by atoms with Crippen molar-refractivity contribution in [3.8, 4) is 0 Å². The average Bonchev–Trinajstić information content (AvgIpc) is 2.34. The van der Waals surface area contributed by atoms with Crippen molar-refractivity contribution in [2.45, 2.75) is 13.0 Å². The molecule has 2 rings (SSSR count). The van der Waals surface area contributed by atoms with Gasteiger partial charge in [-0.3, -0.25) is 4.98 Å². The van der Waals surface area contributed by atoms with Crippen LogP contribution < -0.4 is 5.32 Å². The molecule has 0 saturated carbocycles. The molecule has 0 bridgehead atoms. The van der Waals surface area contributed by atoms with Crippen molar-refractivity contribution in [1.82, 2.24) is 9.97 Å². The van der Waals surface area contributed by atoms with Crippen LogP contribution in [0, 0.1) is 5.82 Å². The Morgan fingerprint density at radius 3 is 2.83 bits per heavy atom. The summed E-state index contributed by atoms with van der Waals surface area (Å²) in [6.45, 7) is 1.90. The Bertz CT molecular complexity index is 565. The third-order valence-electron chi connectivity index (χ3n) is 2.40. The summed E-state index contributed by atoms with van der Waals surface area (Å²) in [6, 6.07) is 3.13. The van der Waals surface area contributed by atoms with Gasteiger partial charge in [-0.1, -0.05) is 11.6 Å². The number of halogens is 3. The average molecular weight is 331 g/mol. The van der Waals surface area contributed by atoms with Gasteiger partial charge in [-0.25, -0.2) is 9.37 Å². The summed E-state index contributed by atoms with van der Waals surface area (Å²) >= 11 is 9.30. The van der Waals surface area contributed by atoms with Crippen molar-refractivity contribution < 1.29 is 4.39 Å². The van der Waals surface area contributed by atoms with Gasteiger partial charge >= 0.3 is 0 Å². The topological polar surface area (TPSA) is 37.8 Å². The zero-order chi connectivity index (χ0) is 13.1. The highest BCUT2D eigenvalue weighted by molar-refractivity contribution is 9.10. The molecule has 0 spiro atoms. The van der Waals surface area contributed by atoms with Gasteiger partial charge < -0.3 is 5.32 Å². The molecule has 2 aromatic rings. The Labute approximate surface area is 118 Å². The molecule has 18 heavy (non-hydrogen) atoms. The molecule has 0 aliphatic rings. The van der Waals surface area contributed by atoms with E-state index in [0.29, 0.717) is 10.8 Å². The van der Waals surface area contributed by atoms with Gasteiger partial charge in [0.15, 0.2) is 5.15 Å². The Balaban J connectivity index is 2.21. The SMILES string of the molecule is CC(Nc1cc(Br)cnc1Cl)c1cncc(F)c1. The zero-order valence-electron chi connectivity index (χ0n) is 9.49. The molecule has 2 aromatic heterocycles. The smallest absolute Gasteiger partial charge is 0.152 e. The molecular formula is C12H10BrClFN3. The molecule has 1 atom stereocenters. The molecule has 0 aromatic carbocycles. The second-order valence-corrected chi connectivity index (χ2v) is 5.07. The first kappa shape index (κ1) is 13.2. The number of anilines is 1. The number of aromatic nitrogens is 2. The molecule has 0 amide bonds. The summed E-state index contributed by atoms with van der Waals surface area (Å²) in [7, 11) is 0. The molecule has 0 aliphatic carbocycles. The molecule has 0 aliphatic heterocycles. The Hall–Kier alpha value is -1.20. The number of hydrogen-bond acceptors (Lipinski definition) is 3. The normalized spacial score (nSPS) is 12.2. The fourth-order valence-electron chi connectivity index (χ4n) is 1.51. The van der Waals surface area contributed by atoms with Gasteiger partial charge in [0, 0.05) is 16.9 Å². The lowest BCUT2D eigenvalue weighted by Crippen LogP contribution is -2.08. The van der Waals surface area contributed by atoms with Crippen molar-refractivity contribution in [2.24, 2.45) is 0 Å². The van der Waals surface area contributed by atoms with Crippen LogP contribution in [0.2, 0.25) is 5.15 Å². The van der Waals surface area contributed by atoms with Crippen LogP contribution in [0.3, 0.4) is 0 Å². The summed E-state index contributed by atoms with van der Waals surface area (Å²) in [5, 5.41) is 3.53. The van der Waals surface area contributed by atoms with E-state index >= 15 is 0 Å². The number of hydrogen-bond donors (Lipinski definition) is 1. The first-order chi connectivity index (χ1) is 8.56. The lowest BCUT2D eigenvalue weighted by Gasteiger charge is -2.16. The first-order valence-electron chi connectivity index (χ1n) is 5.24. The maximum Gasteiger partial charge on any atom is 0.152 e. The fourth-order valence-corrected chi connectivity index (χ4v) is 1.99. The van der Waals surface area contributed by atoms with E-state index in [4.69, 9.17) is 11.6 Å². The van der Waals surface area contributed by atoms with Gasteiger partial charge in [0.05, 0.1) is 17.9 Å². The Morgan fingerprint density at radius 1 is 1.33 bits per heavy atom. The first-order valence-corrected chi connectivity index (χ1v) is 6.41. The number of nitrogens with one attached hydrogen (secondary N) is 1. The minimum atomic E-state index is -0.361. The van der Waals surface area contributed by atoms with Crippen molar-refractivity contribution in [3.63, 3.8) is 0 Å². The minimum absolute atomic E-state index is 0.123. The second-order valence-electron chi connectivity index (χ2n) is 3.79. The second kappa shape index (κ2) is 5.63. The molecule has 1 unspecified atom stereocenters. The molecule has 6 heteroatoms. The standard InChI is InChI=1S/C12H10BrClFN3/c1-7(8-2-10(15)6-16-4-8)18-11-3-9(13)5-17-12(11)14/h2-7,18H,1H3. The predicted octanol–water partition coefficient (Wildman–Crippen LogP) is 4.20. The van der Waals surface area contributed by atoms with Crippen LogP contribution in [-0.4, -0.2) is 9.97 Å². The van der Waals surface area contributed by atoms with Crippen LogP contribution >= 0.6 is 27.5 Å². The minimum Gasteiger partial charge on any atom is -0.376 e.